The van der Waals surface area contributed by atoms with E-state index in [-0.39, 0.29) is 23.9 Å². The molecule has 1 saturated carbocycles. The first-order valence-corrected chi connectivity index (χ1v) is 9.13. The van der Waals surface area contributed by atoms with Crippen LogP contribution in [0.2, 0.25) is 0 Å². The summed E-state index contributed by atoms with van der Waals surface area (Å²) in [5.74, 6) is 0.781. The summed E-state index contributed by atoms with van der Waals surface area (Å²) in [5.41, 5.74) is 1.85. The second-order valence-electron chi connectivity index (χ2n) is 7.22. The van der Waals surface area contributed by atoms with Crippen LogP contribution in [0, 0.1) is 0 Å². The fourth-order valence-electron chi connectivity index (χ4n) is 3.22. The van der Waals surface area contributed by atoms with E-state index >= 15 is 0 Å². The van der Waals surface area contributed by atoms with Gasteiger partial charge in [-0.3, -0.25) is 9.59 Å². The summed E-state index contributed by atoms with van der Waals surface area (Å²) in [7, 11) is 0. The van der Waals surface area contributed by atoms with Gasteiger partial charge in [0.2, 0.25) is 5.91 Å². The molecule has 0 aliphatic heterocycles. The standard InChI is InChI=1S/C20H21N5O2/c1-12(2)19-16-9-14(13-3-4-13)5-6-15(16)20(27)25(24-19)10-18(26)23-17-7-8-21-11-22-17/h5-9,11-13H,3-4,10H2,1-2H3,(H,21,22,23,26). The van der Waals surface area contributed by atoms with Crippen LogP contribution < -0.4 is 10.9 Å². The van der Waals surface area contributed by atoms with Crippen LogP contribution >= 0.6 is 0 Å². The van der Waals surface area contributed by atoms with Gasteiger partial charge >= 0.3 is 0 Å². The molecule has 138 valence electrons. The zero-order chi connectivity index (χ0) is 19.0. The van der Waals surface area contributed by atoms with Crippen LogP contribution in [-0.4, -0.2) is 25.7 Å². The van der Waals surface area contributed by atoms with E-state index < -0.39 is 0 Å². The smallest absolute Gasteiger partial charge is 0.275 e. The molecule has 0 saturated heterocycles. The maximum absolute atomic E-state index is 12.9. The van der Waals surface area contributed by atoms with E-state index in [1.807, 2.05) is 26.0 Å². The van der Waals surface area contributed by atoms with Crippen molar-refractivity contribution < 1.29 is 4.79 Å². The molecule has 7 heteroatoms. The second kappa shape index (κ2) is 6.90. The summed E-state index contributed by atoms with van der Waals surface area (Å²) in [5, 5.41) is 8.67. The van der Waals surface area contributed by atoms with Gasteiger partial charge in [0.25, 0.3) is 5.56 Å². The van der Waals surface area contributed by atoms with E-state index in [9.17, 15) is 9.59 Å². The van der Waals surface area contributed by atoms with Gasteiger partial charge in [-0.15, -0.1) is 0 Å². The predicted octanol–water partition coefficient (Wildman–Crippen LogP) is 2.83. The van der Waals surface area contributed by atoms with Gasteiger partial charge in [-0.05, 0) is 48.4 Å². The molecule has 7 nitrogen and oxygen atoms in total. The second-order valence-corrected chi connectivity index (χ2v) is 7.22. The van der Waals surface area contributed by atoms with E-state index in [1.165, 1.54) is 35.6 Å². The number of rotatable bonds is 5. The Kier molecular flexibility index (Phi) is 4.43. The van der Waals surface area contributed by atoms with E-state index in [4.69, 9.17) is 0 Å². The van der Waals surface area contributed by atoms with Crippen LogP contribution in [0.4, 0.5) is 5.82 Å². The van der Waals surface area contributed by atoms with Gasteiger partial charge in [-0.25, -0.2) is 14.6 Å². The van der Waals surface area contributed by atoms with Gasteiger partial charge in [0.05, 0.1) is 11.1 Å². The minimum atomic E-state index is -0.355. The molecule has 4 rings (SSSR count). The number of carbonyl (C=O) groups is 1. The Labute approximate surface area is 156 Å². The van der Waals surface area contributed by atoms with E-state index in [0.717, 1.165) is 11.1 Å². The Morgan fingerprint density at radius 2 is 2.07 bits per heavy atom. The van der Waals surface area contributed by atoms with Crippen molar-refractivity contribution in [2.24, 2.45) is 0 Å². The molecule has 1 aliphatic carbocycles. The molecule has 27 heavy (non-hydrogen) atoms. The quantitative estimate of drug-likeness (QED) is 0.753. The number of amides is 1. The molecule has 2 aromatic heterocycles. The molecule has 0 spiro atoms. The van der Waals surface area contributed by atoms with Crippen molar-refractivity contribution in [3.05, 3.63) is 58.4 Å². The van der Waals surface area contributed by atoms with Crippen molar-refractivity contribution >= 4 is 22.5 Å². The molecule has 1 amide bonds. The lowest BCUT2D eigenvalue weighted by molar-refractivity contribution is -0.117. The number of aromatic nitrogens is 4. The van der Waals surface area contributed by atoms with Gasteiger partial charge in [0, 0.05) is 11.6 Å². The summed E-state index contributed by atoms with van der Waals surface area (Å²) in [6, 6.07) is 7.59. The molecular weight excluding hydrogens is 342 g/mol. The summed E-state index contributed by atoms with van der Waals surface area (Å²) < 4.78 is 1.24. The van der Waals surface area contributed by atoms with Gasteiger partial charge in [-0.1, -0.05) is 19.9 Å². The Bertz CT molecular complexity index is 1060. The third kappa shape index (κ3) is 3.58. The number of fused-ring (bicyclic) bond motifs is 1. The molecule has 1 aliphatic rings. The largest absolute Gasteiger partial charge is 0.309 e. The maximum Gasteiger partial charge on any atom is 0.275 e. The average Bonchev–Trinajstić information content (AvgIpc) is 3.49. The minimum absolute atomic E-state index is 0.138. The van der Waals surface area contributed by atoms with Crippen LogP contribution in [0.15, 0.2) is 41.6 Å². The first-order valence-electron chi connectivity index (χ1n) is 9.13. The number of hydrogen-bond acceptors (Lipinski definition) is 5. The highest BCUT2D eigenvalue weighted by molar-refractivity contribution is 5.90. The summed E-state index contributed by atoms with van der Waals surface area (Å²) in [4.78, 5) is 33.0. The van der Waals surface area contributed by atoms with Crippen molar-refractivity contribution in [3.8, 4) is 0 Å². The van der Waals surface area contributed by atoms with E-state index in [0.29, 0.717) is 17.1 Å². The third-order valence-electron chi connectivity index (χ3n) is 4.75. The van der Waals surface area contributed by atoms with E-state index in [2.05, 4.69) is 26.4 Å². The third-order valence-corrected chi connectivity index (χ3v) is 4.75. The first kappa shape index (κ1) is 17.3. The Balaban J connectivity index is 1.70. The minimum Gasteiger partial charge on any atom is -0.309 e. The Morgan fingerprint density at radius 1 is 1.26 bits per heavy atom. The SMILES string of the molecule is CC(C)c1nn(CC(=O)Nc2ccncn2)c(=O)c2ccc(C3CC3)cc12. The van der Waals surface area contributed by atoms with Gasteiger partial charge in [0.1, 0.15) is 18.7 Å². The van der Waals surface area contributed by atoms with Gasteiger partial charge < -0.3 is 5.32 Å². The van der Waals surface area contributed by atoms with Crippen LogP contribution in [0.3, 0.4) is 0 Å². The highest BCUT2D eigenvalue weighted by atomic mass is 16.2. The fourth-order valence-corrected chi connectivity index (χ4v) is 3.22. The van der Waals surface area contributed by atoms with Crippen molar-refractivity contribution in [2.45, 2.75) is 45.1 Å². The Morgan fingerprint density at radius 3 is 2.74 bits per heavy atom. The first-order chi connectivity index (χ1) is 13.0. The molecule has 2 heterocycles. The zero-order valence-corrected chi connectivity index (χ0v) is 15.3. The van der Waals surface area contributed by atoms with Crippen molar-refractivity contribution in [1.82, 2.24) is 19.7 Å². The van der Waals surface area contributed by atoms with Crippen molar-refractivity contribution in [3.63, 3.8) is 0 Å². The molecule has 1 fully saturated rings. The monoisotopic (exact) mass is 363 g/mol. The maximum atomic E-state index is 12.9. The number of hydrogen-bond donors (Lipinski definition) is 1. The number of benzene rings is 1. The topological polar surface area (TPSA) is 89.8 Å². The Hall–Kier alpha value is -3.09. The number of nitrogens with zero attached hydrogens (tertiary/aromatic N) is 4. The number of nitrogens with one attached hydrogen (secondary N) is 1. The zero-order valence-electron chi connectivity index (χ0n) is 15.3. The normalized spacial score (nSPS) is 13.9. The van der Waals surface area contributed by atoms with Crippen LogP contribution in [0.5, 0.6) is 0 Å². The summed E-state index contributed by atoms with van der Waals surface area (Å²) in [6.45, 7) is 3.92. The highest BCUT2D eigenvalue weighted by Crippen LogP contribution is 2.41. The van der Waals surface area contributed by atoms with E-state index in [1.54, 1.807) is 6.07 Å². The van der Waals surface area contributed by atoms with Crippen molar-refractivity contribution in [2.75, 3.05) is 5.32 Å². The molecule has 3 aromatic rings. The van der Waals surface area contributed by atoms with Crippen LogP contribution in [0.1, 0.15) is 49.8 Å². The molecule has 0 unspecified atom stereocenters. The molecule has 0 bridgehead atoms. The fraction of sp³-hybridized carbons (Fsp3) is 0.350. The average molecular weight is 363 g/mol. The molecule has 0 radical (unpaired) electrons. The summed E-state index contributed by atoms with van der Waals surface area (Å²) >= 11 is 0. The van der Waals surface area contributed by atoms with Gasteiger partial charge in [0.15, 0.2) is 0 Å². The highest BCUT2D eigenvalue weighted by Gasteiger charge is 2.25. The number of anilines is 1. The number of carbonyl (C=O) groups excluding carboxylic acids is 1. The molecular formula is C20H21N5O2. The lowest BCUT2D eigenvalue weighted by Crippen LogP contribution is -2.31. The predicted molar refractivity (Wildman–Crippen MR) is 103 cm³/mol. The molecule has 1 aromatic carbocycles. The van der Waals surface area contributed by atoms with Gasteiger partial charge in [-0.2, -0.15) is 5.10 Å². The van der Waals surface area contributed by atoms with Crippen LogP contribution in [0.25, 0.3) is 10.8 Å². The lowest BCUT2D eigenvalue weighted by Gasteiger charge is -2.14. The van der Waals surface area contributed by atoms with Crippen molar-refractivity contribution in [1.29, 1.82) is 0 Å². The molecule has 1 N–H and O–H groups in total. The lowest BCUT2D eigenvalue weighted by atomic mass is 9.99. The summed E-state index contributed by atoms with van der Waals surface area (Å²) in [6.07, 6.45) is 5.30. The molecule has 0 atom stereocenters. The van der Waals surface area contributed by atoms with Crippen LogP contribution in [-0.2, 0) is 11.3 Å².